The summed E-state index contributed by atoms with van der Waals surface area (Å²) in [6.07, 6.45) is 3.02. The summed E-state index contributed by atoms with van der Waals surface area (Å²) in [4.78, 5) is 11.6. The first-order valence-corrected chi connectivity index (χ1v) is 8.91. The molecule has 2 aromatic rings. The van der Waals surface area contributed by atoms with E-state index in [4.69, 9.17) is 9.47 Å². The van der Waals surface area contributed by atoms with Crippen molar-refractivity contribution in [2.75, 3.05) is 14.2 Å². The molecule has 0 radical (unpaired) electrons. The van der Waals surface area contributed by atoms with Crippen molar-refractivity contribution in [2.45, 2.75) is 0 Å². The van der Waals surface area contributed by atoms with Gasteiger partial charge in [-0.25, -0.2) is 15.6 Å². The summed E-state index contributed by atoms with van der Waals surface area (Å²) >= 11 is 6.76. The number of urea groups is 1. The molecule has 0 aliphatic carbocycles. The lowest BCUT2D eigenvalue weighted by Gasteiger charge is -2.03. The van der Waals surface area contributed by atoms with Gasteiger partial charge in [0.2, 0.25) is 0 Å². The van der Waals surface area contributed by atoms with Crippen molar-refractivity contribution in [3.05, 3.63) is 56.5 Å². The van der Waals surface area contributed by atoms with Gasteiger partial charge in [0.25, 0.3) is 0 Å². The van der Waals surface area contributed by atoms with Gasteiger partial charge >= 0.3 is 6.03 Å². The minimum Gasteiger partial charge on any atom is -0.496 e. The molecule has 0 aromatic heterocycles. The van der Waals surface area contributed by atoms with E-state index in [0.29, 0.717) is 11.5 Å². The quantitative estimate of drug-likeness (QED) is 0.482. The molecule has 2 rings (SSSR count). The number of nitrogens with one attached hydrogen (secondary N) is 2. The molecule has 0 saturated heterocycles. The summed E-state index contributed by atoms with van der Waals surface area (Å²) < 4.78 is 11.9. The molecule has 7 nitrogen and oxygen atoms in total. The Morgan fingerprint density at radius 1 is 0.885 bits per heavy atom. The Labute approximate surface area is 167 Å². The smallest absolute Gasteiger partial charge is 0.355 e. The van der Waals surface area contributed by atoms with Crippen molar-refractivity contribution in [3.8, 4) is 11.5 Å². The molecule has 2 amide bonds. The number of benzene rings is 2. The Hall–Kier alpha value is -2.39. The number of hydrogen-bond donors (Lipinski definition) is 2. The summed E-state index contributed by atoms with van der Waals surface area (Å²) in [6.45, 7) is 0. The van der Waals surface area contributed by atoms with Crippen LogP contribution < -0.4 is 20.3 Å². The molecule has 2 aromatic carbocycles. The molecule has 0 aliphatic heterocycles. The average Bonchev–Trinajstić information content (AvgIpc) is 2.62. The van der Waals surface area contributed by atoms with Crippen LogP contribution in [0.1, 0.15) is 11.1 Å². The van der Waals surface area contributed by atoms with Crippen molar-refractivity contribution in [1.29, 1.82) is 0 Å². The maximum absolute atomic E-state index is 11.6. The minimum absolute atomic E-state index is 0.558. The second kappa shape index (κ2) is 9.93. The maximum Gasteiger partial charge on any atom is 0.355 e. The predicted octanol–water partition coefficient (Wildman–Crippen LogP) is 3.90. The normalized spacial score (nSPS) is 10.9. The molecule has 0 aliphatic rings. The van der Waals surface area contributed by atoms with Crippen molar-refractivity contribution >= 4 is 50.3 Å². The van der Waals surface area contributed by atoms with Gasteiger partial charge in [0.05, 0.1) is 35.6 Å². The van der Waals surface area contributed by atoms with Gasteiger partial charge in [-0.1, -0.05) is 0 Å². The van der Waals surface area contributed by atoms with E-state index in [1.165, 1.54) is 12.4 Å². The van der Waals surface area contributed by atoms with Crippen LogP contribution in [0.4, 0.5) is 4.79 Å². The second-order valence-electron chi connectivity index (χ2n) is 4.86. The number of amides is 2. The van der Waals surface area contributed by atoms with E-state index in [1.54, 1.807) is 26.4 Å². The van der Waals surface area contributed by atoms with E-state index >= 15 is 0 Å². The van der Waals surface area contributed by atoms with Crippen LogP contribution in [0, 0.1) is 0 Å². The highest BCUT2D eigenvalue weighted by Gasteiger charge is 2.01. The highest BCUT2D eigenvalue weighted by Crippen LogP contribution is 2.25. The standard InChI is InChI=1S/C17H16Br2N4O3/c1-25-15-5-3-11(7-13(15)18)9-20-22-17(24)23-21-10-12-4-6-16(26-2)14(19)8-12/h3-10H,1-2H3,(H2,22,23,24)/b20-9-,21-10-. The zero-order chi connectivity index (χ0) is 18.9. The van der Waals surface area contributed by atoms with E-state index in [0.717, 1.165) is 20.1 Å². The molecule has 26 heavy (non-hydrogen) atoms. The van der Waals surface area contributed by atoms with E-state index in [9.17, 15) is 4.79 Å². The molecule has 0 saturated carbocycles. The fourth-order valence-electron chi connectivity index (χ4n) is 1.88. The summed E-state index contributed by atoms with van der Waals surface area (Å²) in [5.74, 6) is 1.43. The highest BCUT2D eigenvalue weighted by molar-refractivity contribution is 9.10. The largest absolute Gasteiger partial charge is 0.496 e. The zero-order valence-corrected chi connectivity index (χ0v) is 17.2. The molecule has 0 atom stereocenters. The van der Waals surface area contributed by atoms with Gasteiger partial charge in [-0.2, -0.15) is 10.2 Å². The molecule has 136 valence electrons. The van der Waals surface area contributed by atoms with E-state index in [-0.39, 0.29) is 0 Å². The minimum atomic E-state index is -0.558. The predicted molar refractivity (Wildman–Crippen MR) is 108 cm³/mol. The molecular formula is C17H16Br2N4O3. The highest BCUT2D eigenvalue weighted by atomic mass is 79.9. The van der Waals surface area contributed by atoms with Crippen LogP contribution in [0.2, 0.25) is 0 Å². The van der Waals surface area contributed by atoms with E-state index < -0.39 is 6.03 Å². The van der Waals surface area contributed by atoms with Crippen LogP contribution in [0.25, 0.3) is 0 Å². The molecule has 0 heterocycles. The van der Waals surface area contributed by atoms with Crippen molar-refractivity contribution in [3.63, 3.8) is 0 Å². The fourth-order valence-corrected chi connectivity index (χ4v) is 3.00. The number of hydrazone groups is 2. The average molecular weight is 484 g/mol. The molecular weight excluding hydrogens is 468 g/mol. The van der Waals surface area contributed by atoms with Crippen LogP contribution >= 0.6 is 31.9 Å². The number of halogens is 2. The summed E-state index contributed by atoms with van der Waals surface area (Å²) in [6, 6.07) is 10.3. The van der Waals surface area contributed by atoms with Crippen molar-refractivity contribution < 1.29 is 14.3 Å². The number of carbonyl (C=O) groups is 1. The third-order valence-electron chi connectivity index (χ3n) is 3.11. The first-order valence-electron chi connectivity index (χ1n) is 7.32. The lowest BCUT2D eigenvalue weighted by Crippen LogP contribution is -2.28. The third kappa shape index (κ3) is 5.85. The van der Waals surface area contributed by atoms with Gasteiger partial charge in [0, 0.05) is 0 Å². The summed E-state index contributed by atoms with van der Waals surface area (Å²) in [5, 5.41) is 7.71. The Morgan fingerprint density at radius 2 is 1.31 bits per heavy atom. The van der Waals surface area contributed by atoms with Crippen LogP contribution in [0.5, 0.6) is 11.5 Å². The van der Waals surface area contributed by atoms with Gasteiger partial charge < -0.3 is 9.47 Å². The van der Waals surface area contributed by atoms with Gasteiger partial charge in [0.15, 0.2) is 0 Å². The number of ether oxygens (including phenoxy) is 2. The topological polar surface area (TPSA) is 84.3 Å². The van der Waals surface area contributed by atoms with Crippen LogP contribution in [0.15, 0.2) is 55.5 Å². The lowest BCUT2D eigenvalue weighted by atomic mass is 10.2. The number of carbonyl (C=O) groups excluding carboxylic acids is 1. The third-order valence-corrected chi connectivity index (χ3v) is 4.35. The molecule has 0 fully saturated rings. The van der Waals surface area contributed by atoms with Crippen LogP contribution in [-0.2, 0) is 0 Å². The van der Waals surface area contributed by atoms with Crippen molar-refractivity contribution in [1.82, 2.24) is 10.9 Å². The Bertz CT molecular complexity index is 773. The Kier molecular flexibility index (Phi) is 7.61. The number of nitrogens with zero attached hydrogens (tertiary/aromatic N) is 2. The van der Waals surface area contributed by atoms with Gasteiger partial charge in [-0.05, 0) is 79.4 Å². The first kappa shape index (κ1) is 19.9. The SMILES string of the molecule is COc1ccc(/C=N\NC(=O)N/N=C\c2ccc(OC)c(Br)c2)cc1Br. The second-order valence-corrected chi connectivity index (χ2v) is 6.57. The summed E-state index contributed by atoms with van der Waals surface area (Å²) in [5.41, 5.74) is 6.24. The number of methoxy groups -OCH3 is 2. The fraction of sp³-hybridized carbons (Fsp3) is 0.118. The summed E-state index contributed by atoms with van der Waals surface area (Å²) in [7, 11) is 3.18. The molecule has 2 N–H and O–H groups in total. The molecule has 0 spiro atoms. The van der Waals surface area contributed by atoms with Crippen LogP contribution in [0.3, 0.4) is 0 Å². The van der Waals surface area contributed by atoms with E-state index in [1.807, 2.05) is 24.3 Å². The van der Waals surface area contributed by atoms with Crippen molar-refractivity contribution in [2.24, 2.45) is 10.2 Å². The van der Waals surface area contributed by atoms with Gasteiger partial charge in [-0.3, -0.25) is 0 Å². The van der Waals surface area contributed by atoms with Gasteiger partial charge in [-0.15, -0.1) is 0 Å². The molecule has 0 unspecified atom stereocenters. The Morgan fingerprint density at radius 3 is 1.65 bits per heavy atom. The molecule has 0 bridgehead atoms. The first-order chi connectivity index (χ1) is 12.5. The number of rotatable bonds is 6. The Balaban J connectivity index is 1.85. The van der Waals surface area contributed by atoms with Crippen LogP contribution in [-0.4, -0.2) is 32.7 Å². The monoisotopic (exact) mass is 482 g/mol. The lowest BCUT2D eigenvalue weighted by molar-refractivity contribution is 0.242. The van der Waals surface area contributed by atoms with E-state index in [2.05, 4.69) is 52.9 Å². The maximum atomic E-state index is 11.6. The zero-order valence-electron chi connectivity index (χ0n) is 14.0. The number of hydrogen-bond acceptors (Lipinski definition) is 5. The molecule has 9 heteroatoms. The van der Waals surface area contributed by atoms with Gasteiger partial charge in [0.1, 0.15) is 11.5 Å².